The minimum atomic E-state index is -0.185. The zero-order chi connectivity index (χ0) is 20.9. The zero-order valence-corrected chi connectivity index (χ0v) is 17.1. The molecule has 0 atom stereocenters. The van der Waals surface area contributed by atoms with Gasteiger partial charge in [0, 0.05) is 38.4 Å². The van der Waals surface area contributed by atoms with Crippen LogP contribution < -0.4 is 10.9 Å². The molecule has 4 rings (SSSR count). The Hall–Kier alpha value is -3.52. The number of H-pyrrole nitrogens is 1. The molecule has 152 valence electrons. The van der Waals surface area contributed by atoms with E-state index in [4.69, 9.17) is 12.2 Å². The number of carbonyl (C=O) groups is 1. The Morgan fingerprint density at radius 2 is 1.87 bits per heavy atom. The summed E-state index contributed by atoms with van der Waals surface area (Å²) >= 11 is 5.28. The van der Waals surface area contributed by atoms with Crippen molar-refractivity contribution in [1.29, 1.82) is 0 Å². The molecule has 2 aromatic carbocycles. The highest BCUT2D eigenvalue weighted by atomic mass is 32.1. The molecular formula is C22H21N5O2S. The molecule has 0 unspecified atom stereocenters. The Morgan fingerprint density at radius 1 is 1.10 bits per heavy atom. The van der Waals surface area contributed by atoms with Crippen molar-refractivity contribution in [3.63, 3.8) is 0 Å². The monoisotopic (exact) mass is 419 g/mol. The fourth-order valence-corrected chi connectivity index (χ4v) is 3.54. The first-order chi connectivity index (χ1) is 14.6. The van der Waals surface area contributed by atoms with Gasteiger partial charge in [-0.05, 0) is 35.5 Å². The first kappa shape index (κ1) is 19.8. The molecule has 0 saturated carbocycles. The molecule has 2 heterocycles. The van der Waals surface area contributed by atoms with Crippen molar-refractivity contribution in [2.24, 2.45) is 0 Å². The Labute approximate surface area is 178 Å². The molecule has 30 heavy (non-hydrogen) atoms. The minimum Gasteiger partial charge on any atom is -0.352 e. The Kier molecular flexibility index (Phi) is 5.85. The molecule has 0 radical (unpaired) electrons. The maximum atomic E-state index is 12.6. The fraction of sp³-hybridized carbons (Fsp3) is 0.182. The molecule has 2 aromatic heterocycles. The fourth-order valence-electron chi connectivity index (χ4n) is 3.26. The third-order valence-electron chi connectivity index (χ3n) is 4.89. The predicted molar refractivity (Wildman–Crippen MR) is 118 cm³/mol. The van der Waals surface area contributed by atoms with Crippen molar-refractivity contribution < 1.29 is 4.79 Å². The van der Waals surface area contributed by atoms with Gasteiger partial charge >= 0.3 is 0 Å². The van der Waals surface area contributed by atoms with Gasteiger partial charge in [0.15, 0.2) is 4.77 Å². The summed E-state index contributed by atoms with van der Waals surface area (Å²) in [5, 5.41) is 3.45. The molecule has 0 aliphatic carbocycles. The van der Waals surface area contributed by atoms with Crippen LogP contribution in [0.2, 0.25) is 0 Å². The van der Waals surface area contributed by atoms with E-state index in [1.165, 1.54) is 4.57 Å². The second kappa shape index (κ2) is 8.87. The molecule has 8 heteroatoms. The number of carbonyl (C=O) groups excluding carboxylic acids is 1. The van der Waals surface area contributed by atoms with E-state index in [1.807, 2.05) is 47.2 Å². The maximum absolute atomic E-state index is 12.6. The van der Waals surface area contributed by atoms with Crippen molar-refractivity contribution in [3.05, 3.63) is 93.5 Å². The summed E-state index contributed by atoms with van der Waals surface area (Å²) in [7, 11) is 0. The maximum Gasteiger partial charge on any atom is 0.262 e. The largest absolute Gasteiger partial charge is 0.352 e. The van der Waals surface area contributed by atoms with Gasteiger partial charge in [-0.1, -0.05) is 36.4 Å². The molecule has 0 spiro atoms. The van der Waals surface area contributed by atoms with Gasteiger partial charge in [-0.3, -0.25) is 14.2 Å². The molecule has 0 aliphatic heterocycles. The molecule has 1 amide bonds. The van der Waals surface area contributed by atoms with Crippen LogP contribution in [0.15, 0.2) is 72.0 Å². The van der Waals surface area contributed by atoms with Crippen LogP contribution in [0.4, 0.5) is 0 Å². The number of nitrogens with zero attached hydrogens (tertiary/aromatic N) is 3. The average Bonchev–Trinajstić information content (AvgIpc) is 3.26. The molecule has 7 nitrogen and oxygen atoms in total. The van der Waals surface area contributed by atoms with E-state index in [9.17, 15) is 9.59 Å². The van der Waals surface area contributed by atoms with Crippen LogP contribution in [0.3, 0.4) is 0 Å². The third kappa shape index (κ3) is 4.55. The summed E-state index contributed by atoms with van der Waals surface area (Å²) in [5.74, 6) is -0.132. The molecule has 4 aromatic rings. The Morgan fingerprint density at radius 3 is 2.63 bits per heavy atom. The van der Waals surface area contributed by atoms with Crippen molar-refractivity contribution in [1.82, 2.24) is 24.4 Å². The molecular weight excluding hydrogens is 398 g/mol. The number of imidazole rings is 1. The molecule has 2 N–H and O–H groups in total. The summed E-state index contributed by atoms with van der Waals surface area (Å²) in [6.45, 7) is 1.42. The smallest absolute Gasteiger partial charge is 0.262 e. The second-order valence-corrected chi connectivity index (χ2v) is 7.40. The van der Waals surface area contributed by atoms with E-state index in [1.54, 1.807) is 24.7 Å². The summed E-state index contributed by atoms with van der Waals surface area (Å²) in [4.78, 5) is 32.0. The summed E-state index contributed by atoms with van der Waals surface area (Å²) in [6, 6.07) is 15.3. The summed E-state index contributed by atoms with van der Waals surface area (Å²) in [5.41, 5.74) is 2.69. The summed E-state index contributed by atoms with van der Waals surface area (Å²) < 4.78 is 3.75. The number of amides is 1. The number of para-hydroxylation sites is 1. The first-order valence-corrected chi connectivity index (χ1v) is 10.0. The van der Waals surface area contributed by atoms with E-state index >= 15 is 0 Å². The zero-order valence-electron chi connectivity index (χ0n) is 16.2. The van der Waals surface area contributed by atoms with Gasteiger partial charge in [0.05, 0.1) is 17.2 Å². The van der Waals surface area contributed by atoms with Crippen molar-refractivity contribution >= 4 is 29.0 Å². The van der Waals surface area contributed by atoms with E-state index in [0.29, 0.717) is 22.2 Å². The van der Waals surface area contributed by atoms with Gasteiger partial charge in [-0.25, -0.2) is 4.98 Å². The quantitative estimate of drug-likeness (QED) is 0.451. The highest BCUT2D eigenvalue weighted by Crippen LogP contribution is 2.08. The van der Waals surface area contributed by atoms with Crippen LogP contribution in [-0.4, -0.2) is 25.0 Å². The van der Waals surface area contributed by atoms with Gasteiger partial charge in [-0.15, -0.1) is 0 Å². The van der Waals surface area contributed by atoms with E-state index in [0.717, 1.165) is 17.7 Å². The highest BCUT2D eigenvalue weighted by Gasteiger charge is 2.08. The number of nitrogens with one attached hydrogen (secondary N) is 2. The number of rotatable bonds is 7. The number of hydrogen-bond donors (Lipinski definition) is 2. The molecule has 0 saturated heterocycles. The number of fused-ring (bicyclic) bond motifs is 1. The highest BCUT2D eigenvalue weighted by molar-refractivity contribution is 7.71. The number of benzene rings is 2. The minimum absolute atomic E-state index is 0.132. The summed E-state index contributed by atoms with van der Waals surface area (Å²) in [6.07, 6.45) is 5.62. The van der Waals surface area contributed by atoms with E-state index in [2.05, 4.69) is 15.3 Å². The van der Waals surface area contributed by atoms with Crippen LogP contribution in [0, 0.1) is 4.77 Å². The number of hydrogen-bond acceptors (Lipinski definition) is 4. The third-order valence-corrected chi connectivity index (χ3v) is 5.21. The normalized spacial score (nSPS) is 10.9. The van der Waals surface area contributed by atoms with E-state index < -0.39 is 0 Å². The topological polar surface area (TPSA) is 84.7 Å². The Bertz CT molecular complexity index is 1270. The van der Waals surface area contributed by atoms with Crippen LogP contribution in [0.5, 0.6) is 0 Å². The second-order valence-electron chi connectivity index (χ2n) is 7.01. The standard InChI is InChI=1S/C22H21N5O2S/c28-20(9-11-27-21(29)18-3-1-2-4-19(18)25-22(27)30)24-13-16-5-7-17(8-6-16)14-26-12-10-23-15-26/h1-8,10,12,15H,9,11,13-14H2,(H,24,28)(H,25,30). The molecule has 0 aliphatic rings. The average molecular weight is 420 g/mol. The van der Waals surface area contributed by atoms with Crippen LogP contribution >= 0.6 is 12.2 Å². The van der Waals surface area contributed by atoms with E-state index in [-0.39, 0.29) is 24.4 Å². The lowest BCUT2D eigenvalue weighted by Gasteiger charge is -2.09. The molecule has 0 bridgehead atoms. The van der Waals surface area contributed by atoms with Crippen molar-refractivity contribution in [2.45, 2.75) is 26.1 Å². The van der Waals surface area contributed by atoms with Crippen molar-refractivity contribution in [3.8, 4) is 0 Å². The van der Waals surface area contributed by atoms with Gasteiger partial charge in [0.25, 0.3) is 5.56 Å². The van der Waals surface area contributed by atoms with Gasteiger partial charge < -0.3 is 14.9 Å². The molecule has 0 fully saturated rings. The first-order valence-electron chi connectivity index (χ1n) is 9.62. The lowest BCUT2D eigenvalue weighted by molar-refractivity contribution is -0.121. The van der Waals surface area contributed by atoms with Crippen molar-refractivity contribution in [2.75, 3.05) is 0 Å². The van der Waals surface area contributed by atoms with Gasteiger partial charge in [0.2, 0.25) is 5.91 Å². The Balaban J connectivity index is 1.33. The van der Waals surface area contributed by atoms with Gasteiger partial charge in [0.1, 0.15) is 0 Å². The predicted octanol–water partition coefficient (Wildman–Crippen LogP) is 3.01. The van der Waals surface area contributed by atoms with Crippen LogP contribution in [-0.2, 0) is 24.4 Å². The van der Waals surface area contributed by atoms with Crippen LogP contribution in [0.1, 0.15) is 17.5 Å². The van der Waals surface area contributed by atoms with Crippen LogP contribution in [0.25, 0.3) is 10.9 Å². The number of aromatic amines is 1. The SMILES string of the molecule is O=C(CCn1c(=S)[nH]c2ccccc2c1=O)NCc1ccc(Cn2ccnc2)cc1. The lowest BCUT2D eigenvalue weighted by atomic mass is 10.1. The lowest BCUT2D eigenvalue weighted by Crippen LogP contribution is -2.28. The number of aromatic nitrogens is 4. The van der Waals surface area contributed by atoms with Gasteiger partial charge in [-0.2, -0.15) is 0 Å².